The van der Waals surface area contributed by atoms with Crippen LogP contribution < -0.4 is 5.43 Å². The molecular weight excluding hydrogens is 444 g/mol. The van der Waals surface area contributed by atoms with Crippen LogP contribution >= 0.6 is 27.7 Å². The molecule has 0 atom stereocenters. The van der Waals surface area contributed by atoms with Crippen molar-refractivity contribution in [3.05, 3.63) is 70.4 Å². The van der Waals surface area contributed by atoms with Gasteiger partial charge in [0.25, 0.3) is 5.91 Å². The maximum Gasteiger partial charge on any atom is 0.275 e. The molecule has 0 bridgehead atoms. The number of H-pyrrole nitrogens is 1. The van der Waals surface area contributed by atoms with Gasteiger partial charge in [0.2, 0.25) is 0 Å². The lowest BCUT2D eigenvalue weighted by Gasteiger charge is -2.03. The maximum atomic E-state index is 12.1. The smallest absolute Gasteiger partial charge is 0.275 e. The van der Waals surface area contributed by atoms with Crippen LogP contribution in [0.4, 0.5) is 0 Å². The first-order valence-electron chi connectivity index (χ1n) is 8.13. The van der Waals surface area contributed by atoms with Gasteiger partial charge < -0.3 is 14.5 Å². The number of hydrogen-bond donors (Lipinski definition) is 3. The summed E-state index contributed by atoms with van der Waals surface area (Å²) in [4.78, 5) is 19.8. The van der Waals surface area contributed by atoms with Crippen LogP contribution in [0.5, 0.6) is 5.75 Å². The summed E-state index contributed by atoms with van der Waals surface area (Å²) < 4.78 is 6.34. The normalized spacial score (nSPS) is 11.3. The minimum Gasteiger partial charge on any atom is -0.507 e. The van der Waals surface area contributed by atoms with Gasteiger partial charge in [0.05, 0.1) is 22.8 Å². The van der Waals surface area contributed by atoms with E-state index < -0.39 is 5.91 Å². The van der Waals surface area contributed by atoms with E-state index in [1.54, 1.807) is 18.2 Å². The first-order valence-corrected chi connectivity index (χ1v) is 9.74. The van der Waals surface area contributed by atoms with Crippen molar-refractivity contribution in [2.45, 2.75) is 10.2 Å². The minimum atomic E-state index is -0.529. The Bertz CT molecular complexity index is 1150. The number of aromatic amines is 1. The molecule has 0 aliphatic heterocycles. The van der Waals surface area contributed by atoms with Gasteiger partial charge in [-0.15, -0.1) is 0 Å². The van der Waals surface area contributed by atoms with Gasteiger partial charge in [0.15, 0.2) is 10.2 Å². The highest BCUT2D eigenvalue weighted by Crippen LogP contribution is 2.28. The zero-order chi connectivity index (χ0) is 19.5. The lowest BCUT2D eigenvalue weighted by Crippen LogP contribution is -2.17. The first-order chi connectivity index (χ1) is 13.6. The average molecular weight is 457 g/mol. The molecule has 0 spiro atoms. The SMILES string of the molecule is O=C(N/N=C/c1ccc(Sc2nc3ccccc3[nH]2)o1)c1cc(Br)ccc1O. The predicted molar refractivity (Wildman–Crippen MR) is 110 cm³/mol. The molecular formula is C19H13BrN4O3S. The Balaban J connectivity index is 1.40. The minimum absolute atomic E-state index is 0.118. The highest BCUT2D eigenvalue weighted by atomic mass is 79.9. The molecule has 0 aliphatic rings. The van der Waals surface area contributed by atoms with Crippen molar-refractivity contribution in [3.8, 4) is 5.75 Å². The number of hydrazone groups is 1. The van der Waals surface area contributed by atoms with Gasteiger partial charge in [-0.25, -0.2) is 10.4 Å². The number of amides is 1. The van der Waals surface area contributed by atoms with Gasteiger partial charge in [-0.2, -0.15) is 5.10 Å². The lowest BCUT2D eigenvalue weighted by molar-refractivity contribution is 0.0952. The molecule has 0 saturated carbocycles. The Kier molecular flexibility index (Phi) is 5.18. The molecule has 0 fully saturated rings. The van der Waals surface area contributed by atoms with Gasteiger partial charge in [-0.1, -0.05) is 28.1 Å². The Labute approximate surface area is 172 Å². The second-order valence-electron chi connectivity index (χ2n) is 5.68. The number of phenolic OH excluding ortho intramolecular Hbond substituents is 1. The van der Waals surface area contributed by atoms with Gasteiger partial charge in [0, 0.05) is 4.47 Å². The number of carbonyl (C=O) groups excluding carboxylic acids is 1. The van der Waals surface area contributed by atoms with Crippen LogP contribution in [0, 0.1) is 0 Å². The van der Waals surface area contributed by atoms with Gasteiger partial charge >= 0.3 is 0 Å². The van der Waals surface area contributed by atoms with Crippen molar-refractivity contribution in [2.75, 3.05) is 0 Å². The van der Waals surface area contributed by atoms with Crippen LogP contribution in [0.3, 0.4) is 0 Å². The number of rotatable bonds is 5. The summed E-state index contributed by atoms with van der Waals surface area (Å²) in [5, 5.41) is 15.0. The molecule has 140 valence electrons. The van der Waals surface area contributed by atoms with Gasteiger partial charge in [-0.3, -0.25) is 4.79 Å². The predicted octanol–water partition coefficient (Wildman–Crippen LogP) is 4.54. The molecule has 9 heteroatoms. The number of aromatic hydroxyl groups is 1. The van der Waals surface area contributed by atoms with Crippen LogP contribution in [0.25, 0.3) is 11.0 Å². The van der Waals surface area contributed by atoms with Crippen LogP contribution in [0.1, 0.15) is 16.1 Å². The summed E-state index contributed by atoms with van der Waals surface area (Å²) in [6, 6.07) is 15.9. The molecule has 0 unspecified atom stereocenters. The summed E-state index contributed by atoms with van der Waals surface area (Å²) in [6.45, 7) is 0. The highest BCUT2D eigenvalue weighted by Gasteiger charge is 2.11. The van der Waals surface area contributed by atoms with E-state index in [4.69, 9.17) is 4.42 Å². The number of nitrogens with zero attached hydrogens (tertiary/aromatic N) is 2. The zero-order valence-electron chi connectivity index (χ0n) is 14.2. The third kappa shape index (κ3) is 4.10. The monoisotopic (exact) mass is 456 g/mol. The van der Waals surface area contributed by atoms with Gasteiger partial charge in [-0.05, 0) is 54.2 Å². The molecule has 2 heterocycles. The third-order valence-corrected chi connectivity index (χ3v) is 5.03. The molecule has 4 rings (SSSR count). The second kappa shape index (κ2) is 7.91. The van der Waals surface area contributed by atoms with Crippen molar-refractivity contribution in [1.82, 2.24) is 15.4 Å². The fourth-order valence-corrected chi connectivity index (χ4v) is 3.57. The lowest BCUT2D eigenvalue weighted by atomic mass is 10.2. The van der Waals surface area contributed by atoms with E-state index in [1.165, 1.54) is 30.1 Å². The molecule has 2 aromatic heterocycles. The van der Waals surface area contributed by atoms with E-state index in [0.717, 1.165) is 16.2 Å². The largest absolute Gasteiger partial charge is 0.507 e. The summed E-state index contributed by atoms with van der Waals surface area (Å²) in [7, 11) is 0. The standard InChI is InChI=1S/C19H13BrN4O3S/c20-11-5-7-16(25)13(9-11)18(26)24-21-10-12-6-8-17(27-12)28-19-22-14-3-1-2-4-15(14)23-19/h1-10,25H,(H,22,23)(H,24,26)/b21-10+. The van der Waals surface area contributed by atoms with Gasteiger partial charge in [0.1, 0.15) is 11.5 Å². The number of hydrogen-bond acceptors (Lipinski definition) is 6. The summed E-state index contributed by atoms with van der Waals surface area (Å²) in [5.41, 5.74) is 4.32. The van der Waals surface area contributed by atoms with E-state index in [1.807, 2.05) is 24.3 Å². The summed E-state index contributed by atoms with van der Waals surface area (Å²) in [5.74, 6) is -0.186. The van der Waals surface area contributed by atoms with Crippen molar-refractivity contribution in [3.63, 3.8) is 0 Å². The van der Waals surface area contributed by atoms with E-state index in [0.29, 0.717) is 15.3 Å². The van der Waals surface area contributed by atoms with Crippen LogP contribution in [-0.2, 0) is 0 Å². The third-order valence-electron chi connectivity index (χ3n) is 3.73. The molecule has 28 heavy (non-hydrogen) atoms. The molecule has 7 nitrogen and oxygen atoms in total. The highest BCUT2D eigenvalue weighted by molar-refractivity contribution is 9.10. The number of aromatic nitrogens is 2. The average Bonchev–Trinajstić information content (AvgIpc) is 3.30. The van der Waals surface area contributed by atoms with Crippen molar-refractivity contribution in [2.24, 2.45) is 5.10 Å². The maximum absolute atomic E-state index is 12.1. The van der Waals surface area contributed by atoms with Crippen molar-refractivity contribution >= 4 is 50.8 Å². The number of benzene rings is 2. The number of imidazole rings is 1. The van der Waals surface area contributed by atoms with Crippen LogP contribution in [0.15, 0.2) is 78.8 Å². The zero-order valence-corrected chi connectivity index (χ0v) is 16.6. The number of phenols is 1. The summed E-state index contributed by atoms with van der Waals surface area (Å²) >= 11 is 4.61. The van der Waals surface area contributed by atoms with E-state index in [2.05, 4.69) is 36.4 Å². The Hall–Kier alpha value is -3.04. The van der Waals surface area contributed by atoms with Crippen molar-refractivity contribution in [1.29, 1.82) is 0 Å². The number of fused-ring (bicyclic) bond motifs is 1. The molecule has 2 aromatic carbocycles. The van der Waals surface area contributed by atoms with E-state index in [-0.39, 0.29) is 11.3 Å². The number of furan rings is 1. The molecule has 3 N–H and O–H groups in total. The van der Waals surface area contributed by atoms with Crippen LogP contribution in [-0.4, -0.2) is 27.2 Å². The quantitative estimate of drug-likeness (QED) is 0.302. The Morgan fingerprint density at radius 3 is 2.96 bits per heavy atom. The number of carbonyl (C=O) groups is 1. The van der Waals surface area contributed by atoms with E-state index >= 15 is 0 Å². The fourth-order valence-electron chi connectivity index (χ4n) is 2.44. The van der Waals surface area contributed by atoms with Crippen LogP contribution in [0.2, 0.25) is 0 Å². The number of nitrogens with one attached hydrogen (secondary N) is 2. The van der Waals surface area contributed by atoms with Crippen molar-refractivity contribution < 1.29 is 14.3 Å². The molecule has 4 aromatic rings. The number of para-hydroxylation sites is 2. The van der Waals surface area contributed by atoms with E-state index in [9.17, 15) is 9.90 Å². The Morgan fingerprint density at radius 1 is 1.25 bits per heavy atom. The Morgan fingerprint density at radius 2 is 2.11 bits per heavy atom. The fraction of sp³-hybridized carbons (Fsp3) is 0. The topological polar surface area (TPSA) is 104 Å². The molecule has 0 saturated heterocycles. The molecule has 1 amide bonds. The second-order valence-corrected chi connectivity index (χ2v) is 7.59. The number of halogens is 1. The summed E-state index contributed by atoms with van der Waals surface area (Å²) in [6.07, 6.45) is 1.38. The first kappa shape index (κ1) is 18.3. The molecule has 0 aliphatic carbocycles. The molecule has 0 radical (unpaired) electrons.